The van der Waals surface area contributed by atoms with Gasteiger partial charge in [0.2, 0.25) is 0 Å². The Bertz CT molecular complexity index is 860. The van der Waals surface area contributed by atoms with E-state index in [1.807, 2.05) is 42.5 Å². The summed E-state index contributed by atoms with van der Waals surface area (Å²) in [6.07, 6.45) is 0. The van der Waals surface area contributed by atoms with E-state index in [4.69, 9.17) is 5.21 Å². The van der Waals surface area contributed by atoms with Crippen molar-refractivity contribution in [1.82, 2.24) is 10.8 Å². The number of hydroxylamine groups is 1. The van der Waals surface area contributed by atoms with Crippen LogP contribution in [0.25, 0.3) is 10.8 Å². The summed E-state index contributed by atoms with van der Waals surface area (Å²) in [5.41, 5.74) is 3.87. The summed E-state index contributed by atoms with van der Waals surface area (Å²) < 4.78 is 0. The fraction of sp³-hybridized carbons (Fsp3) is 0.105. The first-order chi connectivity index (χ1) is 11.7. The Kier molecular flexibility index (Phi) is 4.74. The molecule has 4 N–H and O–H groups in total. The predicted molar refractivity (Wildman–Crippen MR) is 91.9 cm³/mol. The van der Waals surface area contributed by atoms with Gasteiger partial charge in [-0.2, -0.15) is 0 Å². The third-order valence-electron chi connectivity index (χ3n) is 3.96. The van der Waals surface area contributed by atoms with Crippen LogP contribution in [0.3, 0.4) is 0 Å². The second kappa shape index (κ2) is 7.12. The topological polar surface area (TPSA) is 81.6 Å². The van der Waals surface area contributed by atoms with E-state index in [0.29, 0.717) is 18.7 Å². The molecule has 0 saturated carbocycles. The normalized spacial score (nSPS) is 10.7. The van der Waals surface area contributed by atoms with E-state index in [0.717, 1.165) is 21.9 Å². The summed E-state index contributed by atoms with van der Waals surface area (Å²) >= 11 is 0. The van der Waals surface area contributed by atoms with Crippen LogP contribution in [0.2, 0.25) is 0 Å². The van der Waals surface area contributed by atoms with Crippen molar-refractivity contribution in [2.45, 2.75) is 13.1 Å². The van der Waals surface area contributed by atoms with E-state index in [2.05, 4.69) is 5.32 Å². The van der Waals surface area contributed by atoms with Gasteiger partial charge in [0.05, 0.1) is 0 Å². The van der Waals surface area contributed by atoms with Gasteiger partial charge < -0.3 is 10.4 Å². The van der Waals surface area contributed by atoms with Crippen LogP contribution < -0.4 is 10.8 Å². The molecule has 0 heterocycles. The van der Waals surface area contributed by atoms with Crippen LogP contribution in [-0.4, -0.2) is 16.2 Å². The first-order valence-corrected chi connectivity index (χ1v) is 7.62. The summed E-state index contributed by atoms with van der Waals surface area (Å²) in [7, 11) is 0. The number of carbonyl (C=O) groups excluding carboxylic acids is 1. The van der Waals surface area contributed by atoms with Crippen LogP contribution in [0.5, 0.6) is 5.75 Å². The molecule has 5 nitrogen and oxygen atoms in total. The van der Waals surface area contributed by atoms with Crippen molar-refractivity contribution in [3.05, 3.63) is 77.4 Å². The van der Waals surface area contributed by atoms with Gasteiger partial charge in [-0.05, 0) is 34.5 Å². The van der Waals surface area contributed by atoms with Gasteiger partial charge in [-0.15, -0.1) is 0 Å². The van der Waals surface area contributed by atoms with Crippen LogP contribution >= 0.6 is 0 Å². The van der Waals surface area contributed by atoms with Gasteiger partial charge in [0.25, 0.3) is 5.91 Å². The molecule has 3 aromatic rings. The van der Waals surface area contributed by atoms with Crippen molar-refractivity contribution in [2.24, 2.45) is 0 Å². The molecule has 24 heavy (non-hydrogen) atoms. The second-order valence-electron chi connectivity index (χ2n) is 5.53. The molecule has 0 aliphatic carbocycles. The highest BCUT2D eigenvalue weighted by molar-refractivity contribution is 5.93. The summed E-state index contributed by atoms with van der Waals surface area (Å²) in [4.78, 5) is 11.3. The van der Waals surface area contributed by atoms with Crippen LogP contribution in [-0.2, 0) is 13.1 Å². The van der Waals surface area contributed by atoms with Crippen LogP contribution in [0.15, 0.2) is 60.7 Å². The molecule has 0 spiro atoms. The zero-order valence-corrected chi connectivity index (χ0v) is 13.0. The number of benzene rings is 3. The number of fused-ring (bicyclic) bond motifs is 1. The number of amides is 1. The first-order valence-electron chi connectivity index (χ1n) is 7.62. The highest BCUT2D eigenvalue weighted by atomic mass is 16.5. The number of hydrogen-bond acceptors (Lipinski definition) is 4. The number of hydrogen-bond donors (Lipinski definition) is 4. The van der Waals surface area contributed by atoms with Crippen molar-refractivity contribution in [1.29, 1.82) is 0 Å². The fourth-order valence-electron chi connectivity index (χ4n) is 2.68. The van der Waals surface area contributed by atoms with Gasteiger partial charge in [-0.3, -0.25) is 10.0 Å². The van der Waals surface area contributed by atoms with E-state index in [9.17, 15) is 9.90 Å². The standard InChI is InChI=1S/C19H18N2O3/c22-18-10-9-14-3-1-2-4-16(14)17(18)12-20-11-13-5-7-15(8-6-13)19(23)21-24/h1-10,20,22,24H,11-12H2,(H,21,23). The van der Waals surface area contributed by atoms with Gasteiger partial charge >= 0.3 is 0 Å². The number of nitrogens with one attached hydrogen (secondary N) is 2. The zero-order valence-electron chi connectivity index (χ0n) is 13.0. The average Bonchev–Trinajstić information content (AvgIpc) is 2.63. The quantitative estimate of drug-likeness (QED) is 0.430. The number of phenolic OH excluding ortho intramolecular Hbond substituents is 1. The van der Waals surface area contributed by atoms with Gasteiger partial charge in [0, 0.05) is 24.2 Å². The van der Waals surface area contributed by atoms with Gasteiger partial charge in [-0.1, -0.05) is 42.5 Å². The molecule has 0 atom stereocenters. The maximum atomic E-state index is 11.3. The van der Waals surface area contributed by atoms with E-state index >= 15 is 0 Å². The summed E-state index contributed by atoms with van der Waals surface area (Å²) in [5, 5.41) is 24.1. The number of aromatic hydroxyl groups is 1. The molecule has 3 aromatic carbocycles. The minimum atomic E-state index is -0.532. The SMILES string of the molecule is O=C(NO)c1ccc(CNCc2c(O)ccc3ccccc23)cc1. The van der Waals surface area contributed by atoms with Crippen LogP contribution in [0.4, 0.5) is 0 Å². The Morgan fingerprint density at radius 2 is 1.67 bits per heavy atom. The molecular formula is C19H18N2O3. The molecule has 0 aliphatic rings. The van der Waals surface area contributed by atoms with E-state index < -0.39 is 5.91 Å². The molecule has 3 rings (SSSR count). The Balaban J connectivity index is 1.69. The van der Waals surface area contributed by atoms with Crippen molar-refractivity contribution in [3.8, 4) is 5.75 Å². The van der Waals surface area contributed by atoms with Crippen molar-refractivity contribution in [3.63, 3.8) is 0 Å². The maximum absolute atomic E-state index is 11.3. The van der Waals surface area contributed by atoms with E-state index in [1.165, 1.54) is 0 Å². The molecule has 0 aliphatic heterocycles. The molecule has 0 saturated heterocycles. The number of phenols is 1. The Morgan fingerprint density at radius 1 is 0.917 bits per heavy atom. The lowest BCUT2D eigenvalue weighted by atomic mass is 10.0. The minimum Gasteiger partial charge on any atom is -0.508 e. The van der Waals surface area contributed by atoms with Gasteiger partial charge in [0.15, 0.2) is 0 Å². The molecule has 0 aromatic heterocycles. The Morgan fingerprint density at radius 3 is 2.42 bits per heavy atom. The first kappa shape index (κ1) is 16.0. The molecule has 1 amide bonds. The summed E-state index contributed by atoms with van der Waals surface area (Å²) in [6.45, 7) is 1.13. The highest BCUT2D eigenvalue weighted by Gasteiger charge is 2.07. The third kappa shape index (κ3) is 3.37. The van der Waals surface area contributed by atoms with Crippen molar-refractivity contribution in [2.75, 3.05) is 0 Å². The number of rotatable bonds is 5. The lowest BCUT2D eigenvalue weighted by Gasteiger charge is -2.11. The average molecular weight is 322 g/mol. The Labute approximate surface area is 139 Å². The van der Waals surface area contributed by atoms with Gasteiger partial charge in [0.1, 0.15) is 5.75 Å². The molecule has 122 valence electrons. The second-order valence-corrected chi connectivity index (χ2v) is 5.53. The monoisotopic (exact) mass is 322 g/mol. The summed E-state index contributed by atoms with van der Waals surface area (Å²) in [6, 6.07) is 18.5. The molecule has 5 heteroatoms. The molecule has 0 fully saturated rings. The minimum absolute atomic E-state index is 0.274. The van der Waals surface area contributed by atoms with Crippen LogP contribution in [0.1, 0.15) is 21.5 Å². The van der Waals surface area contributed by atoms with Crippen LogP contribution in [0, 0.1) is 0 Å². The largest absolute Gasteiger partial charge is 0.508 e. The van der Waals surface area contributed by atoms with E-state index in [-0.39, 0.29) is 5.75 Å². The molecular weight excluding hydrogens is 304 g/mol. The highest BCUT2D eigenvalue weighted by Crippen LogP contribution is 2.26. The van der Waals surface area contributed by atoms with Crippen molar-refractivity contribution >= 4 is 16.7 Å². The third-order valence-corrected chi connectivity index (χ3v) is 3.96. The molecule has 0 radical (unpaired) electrons. The number of carbonyl (C=O) groups is 1. The maximum Gasteiger partial charge on any atom is 0.274 e. The lowest BCUT2D eigenvalue weighted by molar-refractivity contribution is 0.0706. The molecule has 0 bridgehead atoms. The van der Waals surface area contributed by atoms with E-state index in [1.54, 1.807) is 23.7 Å². The Hall–Kier alpha value is -2.89. The molecule has 0 unspecified atom stereocenters. The predicted octanol–water partition coefficient (Wildman–Crippen LogP) is 2.95. The zero-order chi connectivity index (χ0) is 16.9. The van der Waals surface area contributed by atoms with Gasteiger partial charge in [-0.25, -0.2) is 5.48 Å². The van der Waals surface area contributed by atoms with Crippen molar-refractivity contribution < 1.29 is 15.1 Å². The smallest absolute Gasteiger partial charge is 0.274 e. The summed E-state index contributed by atoms with van der Waals surface area (Å²) in [5.74, 6) is -0.258. The fourth-order valence-corrected chi connectivity index (χ4v) is 2.68. The lowest BCUT2D eigenvalue weighted by Crippen LogP contribution is -2.18.